The molecule has 41 heavy (non-hydrogen) atoms. The molecule has 0 saturated carbocycles. The number of hydrogen-bond donors (Lipinski definition) is 0. The van der Waals surface area contributed by atoms with Gasteiger partial charge in [0, 0.05) is 17.3 Å². The molecule has 0 aromatic heterocycles. The first kappa shape index (κ1) is 27.2. The molecule has 0 atom stereocenters. The summed E-state index contributed by atoms with van der Waals surface area (Å²) in [5.41, 5.74) is 5.90. The maximum absolute atomic E-state index is 12.1. The van der Waals surface area contributed by atoms with Crippen LogP contribution in [0.1, 0.15) is 55.4 Å². The van der Waals surface area contributed by atoms with E-state index in [1.807, 2.05) is 36.4 Å². The molecule has 3 aliphatic rings. The fourth-order valence-electron chi connectivity index (χ4n) is 6.36. The first-order valence-corrected chi connectivity index (χ1v) is 16.0. The fraction of sp³-hybridized carbons (Fsp3) is 0.216. The molecule has 3 nitrogen and oxygen atoms in total. The summed E-state index contributed by atoms with van der Waals surface area (Å²) in [4.78, 5) is 4.58. The molecule has 1 aliphatic heterocycles. The van der Waals surface area contributed by atoms with Crippen LogP contribution in [0.15, 0.2) is 112 Å². The second-order valence-corrected chi connectivity index (χ2v) is 12.9. The number of sulfone groups is 1. The van der Waals surface area contributed by atoms with Crippen molar-refractivity contribution >= 4 is 27.7 Å². The van der Waals surface area contributed by atoms with Crippen LogP contribution in [0.25, 0.3) is 12.2 Å². The van der Waals surface area contributed by atoms with Gasteiger partial charge in [0.25, 0.3) is 0 Å². The van der Waals surface area contributed by atoms with Gasteiger partial charge in [0.1, 0.15) is 0 Å². The van der Waals surface area contributed by atoms with Gasteiger partial charge in [0.2, 0.25) is 9.84 Å². The molecule has 7 rings (SSSR count). The average molecular weight is 558 g/mol. The topological polar surface area (TPSA) is 46.5 Å². The Labute approximate surface area is 242 Å². The van der Waals surface area contributed by atoms with Gasteiger partial charge in [0.15, 0.2) is 0 Å². The van der Waals surface area contributed by atoms with E-state index in [0.717, 1.165) is 17.4 Å². The standard InChI is InChI=1S/C22H24.C15H11NO2S/c1-3-22(4-2)14-13-17-10-11-19-18-8-6-5-7-16(18)9-12-20(19)21(17)15-22;17-19(18)11-10-16-15(12-6-2-1-3-7-12)13-8-4-5-9-14(13)19/h5-11,13H,3-4,12,14-15H2,1-2H3;1-11H. The van der Waals surface area contributed by atoms with Crippen molar-refractivity contribution in [3.8, 4) is 0 Å². The van der Waals surface area contributed by atoms with Gasteiger partial charge in [-0.2, -0.15) is 0 Å². The smallest absolute Gasteiger partial charge is 0.201 e. The SMILES string of the molecule is CCC1(CC)CC=c2ccc3c(c2C1)CC=c1ccccc1=3.O=S1(=O)C=CN=C(c2ccccc2)c2ccccc21. The quantitative estimate of drug-likeness (QED) is 0.284. The Morgan fingerprint density at radius 1 is 0.732 bits per heavy atom. The lowest BCUT2D eigenvalue weighted by Crippen LogP contribution is -2.31. The van der Waals surface area contributed by atoms with Gasteiger partial charge < -0.3 is 0 Å². The van der Waals surface area contributed by atoms with Crippen molar-refractivity contribution < 1.29 is 8.42 Å². The predicted molar refractivity (Wildman–Crippen MR) is 169 cm³/mol. The molecular formula is C37H35NO2S. The molecule has 0 amide bonds. The van der Waals surface area contributed by atoms with Crippen LogP contribution in [-0.4, -0.2) is 14.1 Å². The second kappa shape index (κ2) is 11.1. The summed E-state index contributed by atoms with van der Waals surface area (Å²) < 4.78 is 24.2. The summed E-state index contributed by atoms with van der Waals surface area (Å²) in [6, 6.07) is 30.0. The third-order valence-electron chi connectivity index (χ3n) is 8.99. The van der Waals surface area contributed by atoms with E-state index in [2.05, 4.69) is 67.4 Å². The van der Waals surface area contributed by atoms with E-state index in [1.165, 1.54) is 52.8 Å². The lowest BCUT2D eigenvalue weighted by Gasteiger charge is -2.35. The summed E-state index contributed by atoms with van der Waals surface area (Å²) in [6.07, 6.45) is 12.4. The van der Waals surface area contributed by atoms with Crippen molar-refractivity contribution in [1.29, 1.82) is 0 Å². The van der Waals surface area contributed by atoms with E-state index in [1.54, 1.807) is 29.3 Å². The number of rotatable bonds is 3. The van der Waals surface area contributed by atoms with Crippen LogP contribution in [0.2, 0.25) is 0 Å². The van der Waals surface area contributed by atoms with Gasteiger partial charge in [0.05, 0.1) is 16.0 Å². The molecule has 4 aromatic carbocycles. The van der Waals surface area contributed by atoms with Gasteiger partial charge in [-0.1, -0.05) is 111 Å². The zero-order valence-corrected chi connectivity index (χ0v) is 24.5. The summed E-state index contributed by atoms with van der Waals surface area (Å²) in [5.74, 6) is 0. The van der Waals surface area contributed by atoms with Crippen molar-refractivity contribution in [1.82, 2.24) is 0 Å². The predicted octanol–water partition coefficient (Wildman–Crippen LogP) is 6.63. The van der Waals surface area contributed by atoms with Gasteiger partial charge in [-0.25, -0.2) is 8.42 Å². The van der Waals surface area contributed by atoms with Crippen LogP contribution in [0, 0.1) is 15.9 Å². The molecule has 0 bridgehead atoms. The van der Waals surface area contributed by atoms with Crippen molar-refractivity contribution in [3.05, 3.63) is 146 Å². The minimum absolute atomic E-state index is 0.298. The summed E-state index contributed by atoms with van der Waals surface area (Å²) >= 11 is 0. The van der Waals surface area contributed by atoms with Crippen molar-refractivity contribution in [2.75, 3.05) is 0 Å². The van der Waals surface area contributed by atoms with Crippen LogP contribution >= 0.6 is 0 Å². The summed E-state index contributed by atoms with van der Waals surface area (Å²) in [7, 11) is -3.41. The molecule has 0 radical (unpaired) electrons. The summed E-state index contributed by atoms with van der Waals surface area (Å²) in [5, 5.41) is 6.90. The maximum atomic E-state index is 12.1. The van der Waals surface area contributed by atoms with Crippen molar-refractivity contribution in [2.45, 2.75) is 50.8 Å². The zero-order valence-electron chi connectivity index (χ0n) is 23.7. The van der Waals surface area contributed by atoms with Crippen molar-refractivity contribution in [2.24, 2.45) is 10.4 Å². The van der Waals surface area contributed by atoms with Gasteiger partial charge in [-0.3, -0.25) is 4.99 Å². The minimum Gasteiger partial charge on any atom is -0.255 e. The third-order valence-corrected chi connectivity index (χ3v) is 10.4. The van der Waals surface area contributed by atoms with Gasteiger partial charge in [-0.05, 0) is 75.6 Å². The maximum Gasteiger partial charge on any atom is 0.201 e. The van der Waals surface area contributed by atoms with Crippen LogP contribution in [0.3, 0.4) is 0 Å². The molecule has 1 heterocycles. The van der Waals surface area contributed by atoms with Crippen molar-refractivity contribution in [3.63, 3.8) is 0 Å². The van der Waals surface area contributed by atoms with E-state index in [0.29, 0.717) is 21.6 Å². The normalized spacial score (nSPS) is 17.0. The number of nitrogens with zero attached hydrogens (tertiary/aromatic N) is 1. The Balaban J connectivity index is 0.000000149. The first-order chi connectivity index (χ1) is 19.9. The number of benzene rings is 4. The Hall–Kier alpha value is -4.02. The highest BCUT2D eigenvalue weighted by molar-refractivity contribution is 7.94. The van der Waals surface area contributed by atoms with E-state index >= 15 is 0 Å². The Morgan fingerprint density at radius 3 is 2.27 bits per heavy atom. The van der Waals surface area contributed by atoms with E-state index in [4.69, 9.17) is 0 Å². The van der Waals surface area contributed by atoms with Crippen LogP contribution in [-0.2, 0) is 22.7 Å². The van der Waals surface area contributed by atoms with Gasteiger partial charge >= 0.3 is 0 Å². The highest BCUT2D eigenvalue weighted by atomic mass is 32.2. The largest absolute Gasteiger partial charge is 0.255 e. The first-order valence-electron chi connectivity index (χ1n) is 14.5. The Morgan fingerprint density at radius 2 is 1.46 bits per heavy atom. The monoisotopic (exact) mass is 557 g/mol. The van der Waals surface area contributed by atoms with E-state index < -0.39 is 9.84 Å². The zero-order chi connectivity index (χ0) is 28.5. The molecular weight excluding hydrogens is 522 g/mol. The Kier molecular flexibility index (Phi) is 7.35. The second-order valence-electron chi connectivity index (χ2n) is 11.1. The molecule has 4 heteroatoms. The molecule has 0 fully saturated rings. The minimum atomic E-state index is -3.41. The number of fused-ring (bicyclic) bond motifs is 5. The highest BCUT2D eigenvalue weighted by Gasteiger charge is 2.29. The third kappa shape index (κ3) is 5.13. The molecule has 0 N–H and O–H groups in total. The number of aliphatic imine (C=N–C) groups is 1. The molecule has 206 valence electrons. The Bertz CT molecular complexity index is 2000. The fourth-order valence-corrected chi connectivity index (χ4v) is 7.46. The van der Waals surface area contributed by atoms with Gasteiger partial charge in [-0.15, -0.1) is 0 Å². The molecule has 4 aromatic rings. The van der Waals surface area contributed by atoms with E-state index in [-0.39, 0.29) is 0 Å². The lowest BCUT2D eigenvalue weighted by molar-refractivity contribution is 0.264. The molecule has 0 spiro atoms. The number of hydrogen-bond acceptors (Lipinski definition) is 3. The molecule has 2 aliphatic carbocycles. The van der Waals surface area contributed by atoms with E-state index in [9.17, 15) is 8.42 Å². The highest BCUT2D eigenvalue weighted by Crippen LogP contribution is 2.37. The van der Waals surface area contributed by atoms with Crippen LogP contribution in [0.5, 0.6) is 0 Å². The van der Waals surface area contributed by atoms with Crippen LogP contribution < -0.4 is 10.4 Å². The average Bonchev–Trinajstić information content (AvgIpc) is 3.16. The van der Waals surface area contributed by atoms with Crippen LogP contribution in [0.4, 0.5) is 0 Å². The summed E-state index contributed by atoms with van der Waals surface area (Å²) in [6.45, 7) is 4.72. The molecule has 0 unspecified atom stereocenters. The molecule has 0 saturated heterocycles. The lowest BCUT2D eigenvalue weighted by atomic mass is 9.70.